The molecule has 0 saturated carbocycles. The standard InChI is InChI=1S/C17H15ClFN5O4S/c1-29(27,28)24-17-22-8-14(25)15(23-17)10-5-13(20-7-10)16(26)21-6-9-2-3-12(19)11(18)4-9/h2-5,7-8,20,25H,6H2,1H3,(H,21,26)(H,22,23,24). The van der Waals surface area contributed by atoms with Crippen LogP contribution >= 0.6 is 11.6 Å². The lowest BCUT2D eigenvalue weighted by Crippen LogP contribution is -2.23. The number of carbonyl (C=O) groups excluding carboxylic acids is 1. The van der Waals surface area contributed by atoms with Gasteiger partial charge in [-0.05, 0) is 23.8 Å². The normalized spacial score (nSPS) is 11.3. The molecule has 0 spiro atoms. The van der Waals surface area contributed by atoms with E-state index < -0.39 is 21.7 Å². The first-order valence-corrected chi connectivity index (χ1v) is 10.3. The third-order valence-electron chi connectivity index (χ3n) is 3.68. The molecule has 0 atom stereocenters. The number of carbonyl (C=O) groups is 1. The second-order valence-electron chi connectivity index (χ2n) is 6.03. The van der Waals surface area contributed by atoms with Crippen LogP contribution in [-0.2, 0) is 16.6 Å². The van der Waals surface area contributed by atoms with Crippen LogP contribution < -0.4 is 10.0 Å². The Balaban J connectivity index is 1.75. The molecule has 0 bridgehead atoms. The van der Waals surface area contributed by atoms with E-state index in [2.05, 4.69) is 25.0 Å². The van der Waals surface area contributed by atoms with E-state index in [4.69, 9.17) is 11.6 Å². The molecule has 0 radical (unpaired) electrons. The molecular weight excluding hydrogens is 425 g/mol. The van der Waals surface area contributed by atoms with Gasteiger partial charge in [0.05, 0.1) is 17.5 Å². The molecule has 29 heavy (non-hydrogen) atoms. The number of H-pyrrole nitrogens is 1. The second-order valence-corrected chi connectivity index (χ2v) is 8.19. The zero-order valence-corrected chi connectivity index (χ0v) is 16.5. The number of aromatic nitrogens is 3. The predicted octanol–water partition coefficient (Wildman–Crippen LogP) is 2.27. The highest BCUT2D eigenvalue weighted by Gasteiger charge is 2.15. The molecule has 0 fully saturated rings. The summed E-state index contributed by atoms with van der Waals surface area (Å²) in [7, 11) is -3.60. The second kappa shape index (κ2) is 8.05. The number of nitrogens with one attached hydrogen (secondary N) is 3. The summed E-state index contributed by atoms with van der Waals surface area (Å²) < 4.78 is 37.9. The van der Waals surface area contributed by atoms with Crippen molar-refractivity contribution in [3.63, 3.8) is 0 Å². The molecular formula is C17H15ClFN5O4S. The van der Waals surface area contributed by atoms with Crippen molar-refractivity contribution >= 4 is 33.5 Å². The lowest BCUT2D eigenvalue weighted by atomic mass is 10.2. The van der Waals surface area contributed by atoms with Crippen LogP contribution in [0, 0.1) is 5.82 Å². The summed E-state index contributed by atoms with van der Waals surface area (Å²) in [6, 6.07) is 5.54. The average molecular weight is 440 g/mol. The minimum atomic E-state index is -3.60. The number of nitrogens with zero attached hydrogens (tertiary/aromatic N) is 2. The highest BCUT2D eigenvalue weighted by Crippen LogP contribution is 2.28. The first-order valence-electron chi connectivity index (χ1n) is 8.07. The molecule has 4 N–H and O–H groups in total. The van der Waals surface area contributed by atoms with Gasteiger partial charge in [0.25, 0.3) is 5.91 Å². The minimum Gasteiger partial charge on any atom is -0.504 e. The predicted molar refractivity (Wildman–Crippen MR) is 105 cm³/mol. The quantitative estimate of drug-likeness (QED) is 0.465. The van der Waals surface area contributed by atoms with Crippen LogP contribution in [0.2, 0.25) is 5.02 Å². The molecule has 0 aliphatic heterocycles. The summed E-state index contributed by atoms with van der Waals surface area (Å²) in [5, 5.41) is 12.6. The van der Waals surface area contributed by atoms with Crippen molar-refractivity contribution in [3.05, 3.63) is 58.8 Å². The maximum atomic E-state index is 13.2. The lowest BCUT2D eigenvalue weighted by molar-refractivity contribution is 0.0946. The molecule has 2 aromatic heterocycles. The first-order chi connectivity index (χ1) is 13.6. The number of halogens is 2. The van der Waals surface area contributed by atoms with Gasteiger partial charge in [-0.25, -0.2) is 22.8 Å². The van der Waals surface area contributed by atoms with Gasteiger partial charge in [0.1, 0.15) is 17.2 Å². The summed E-state index contributed by atoms with van der Waals surface area (Å²) in [5.74, 6) is -1.53. The summed E-state index contributed by atoms with van der Waals surface area (Å²) in [5.41, 5.74) is 1.16. The topological polar surface area (TPSA) is 137 Å². The number of anilines is 1. The molecule has 1 aromatic carbocycles. The molecule has 0 saturated heterocycles. The molecule has 3 rings (SSSR count). The van der Waals surface area contributed by atoms with Gasteiger partial charge >= 0.3 is 0 Å². The molecule has 2 heterocycles. The van der Waals surface area contributed by atoms with Gasteiger partial charge in [0.15, 0.2) is 5.75 Å². The zero-order chi connectivity index (χ0) is 21.2. The van der Waals surface area contributed by atoms with E-state index in [-0.39, 0.29) is 34.7 Å². The van der Waals surface area contributed by atoms with E-state index >= 15 is 0 Å². The van der Waals surface area contributed by atoms with Crippen molar-refractivity contribution in [2.75, 3.05) is 11.0 Å². The fraction of sp³-hybridized carbons (Fsp3) is 0.118. The maximum absolute atomic E-state index is 13.2. The van der Waals surface area contributed by atoms with Gasteiger partial charge < -0.3 is 15.4 Å². The number of sulfonamides is 1. The van der Waals surface area contributed by atoms with E-state index in [1.165, 1.54) is 30.5 Å². The Labute approximate surface area is 170 Å². The number of rotatable bonds is 6. The Kier molecular flexibility index (Phi) is 5.71. The van der Waals surface area contributed by atoms with Crippen LogP contribution in [0.25, 0.3) is 11.3 Å². The van der Waals surface area contributed by atoms with Crippen molar-refractivity contribution < 1.29 is 22.7 Å². The van der Waals surface area contributed by atoms with Crippen LogP contribution in [0.15, 0.2) is 36.7 Å². The van der Waals surface area contributed by atoms with E-state index in [1.54, 1.807) is 0 Å². The van der Waals surface area contributed by atoms with Gasteiger partial charge in [0.2, 0.25) is 16.0 Å². The Morgan fingerprint density at radius 3 is 2.79 bits per heavy atom. The molecule has 152 valence electrons. The number of benzene rings is 1. The van der Waals surface area contributed by atoms with Crippen LogP contribution in [0.1, 0.15) is 16.1 Å². The number of aromatic amines is 1. The minimum absolute atomic E-state index is 0.0340. The Bertz CT molecular complexity index is 1180. The zero-order valence-electron chi connectivity index (χ0n) is 14.9. The van der Waals surface area contributed by atoms with Gasteiger partial charge in [-0.1, -0.05) is 17.7 Å². The largest absolute Gasteiger partial charge is 0.504 e. The molecule has 0 unspecified atom stereocenters. The van der Waals surface area contributed by atoms with Crippen LogP contribution in [0.4, 0.5) is 10.3 Å². The Morgan fingerprint density at radius 2 is 2.10 bits per heavy atom. The van der Waals surface area contributed by atoms with E-state index in [0.717, 1.165) is 12.5 Å². The summed E-state index contributed by atoms with van der Waals surface area (Å²) >= 11 is 5.71. The van der Waals surface area contributed by atoms with Crippen molar-refractivity contribution in [1.29, 1.82) is 0 Å². The van der Waals surface area contributed by atoms with Crippen molar-refractivity contribution in [2.24, 2.45) is 0 Å². The number of hydrogen-bond donors (Lipinski definition) is 4. The summed E-state index contributed by atoms with van der Waals surface area (Å²) in [6.07, 6.45) is 3.41. The van der Waals surface area contributed by atoms with Gasteiger partial charge in [-0.15, -0.1) is 0 Å². The fourth-order valence-electron chi connectivity index (χ4n) is 2.39. The van der Waals surface area contributed by atoms with Crippen molar-refractivity contribution in [2.45, 2.75) is 6.54 Å². The maximum Gasteiger partial charge on any atom is 0.267 e. The molecule has 9 nitrogen and oxygen atoms in total. The third-order valence-corrected chi connectivity index (χ3v) is 4.53. The average Bonchev–Trinajstić information content (AvgIpc) is 3.13. The monoisotopic (exact) mass is 439 g/mol. The fourth-order valence-corrected chi connectivity index (χ4v) is 3.03. The summed E-state index contributed by atoms with van der Waals surface area (Å²) in [6.45, 7) is 0.119. The van der Waals surface area contributed by atoms with Gasteiger partial charge in [0, 0.05) is 18.3 Å². The van der Waals surface area contributed by atoms with E-state index in [1.807, 2.05) is 0 Å². The molecule has 1 amide bonds. The van der Waals surface area contributed by atoms with Crippen molar-refractivity contribution in [1.82, 2.24) is 20.3 Å². The third kappa shape index (κ3) is 5.21. The van der Waals surface area contributed by atoms with E-state index in [0.29, 0.717) is 11.1 Å². The SMILES string of the molecule is CS(=O)(=O)Nc1ncc(O)c(-c2c[nH]c(C(=O)NCc3ccc(F)c(Cl)c3)c2)n1. The lowest BCUT2D eigenvalue weighted by Gasteiger charge is -2.06. The Hall–Kier alpha value is -3.18. The highest BCUT2D eigenvalue weighted by atomic mass is 35.5. The van der Waals surface area contributed by atoms with Crippen LogP contribution in [0.3, 0.4) is 0 Å². The molecule has 3 aromatic rings. The smallest absolute Gasteiger partial charge is 0.267 e. The van der Waals surface area contributed by atoms with Crippen LogP contribution in [-0.4, -0.2) is 40.6 Å². The van der Waals surface area contributed by atoms with Crippen LogP contribution in [0.5, 0.6) is 5.75 Å². The van der Waals surface area contributed by atoms with E-state index in [9.17, 15) is 22.7 Å². The number of hydrogen-bond acceptors (Lipinski definition) is 6. The number of amides is 1. The molecule has 12 heteroatoms. The van der Waals surface area contributed by atoms with Crippen molar-refractivity contribution in [3.8, 4) is 17.0 Å². The van der Waals surface area contributed by atoms with Gasteiger partial charge in [-0.3, -0.25) is 9.52 Å². The first kappa shape index (κ1) is 20.6. The Morgan fingerprint density at radius 1 is 1.34 bits per heavy atom. The number of aromatic hydroxyl groups is 1. The molecule has 0 aliphatic carbocycles. The van der Waals surface area contributed by atoms with Gasteiger partial charge in [-0.2, -0.15) is 0 Å². The summed E-state index contributed by atoms with van der Waals surface area (Å²) in [4.78, 5) is 22.7. The molecule has 0 aliphatic rings. The highest BCUT2D eigenvalue weighted by molar-refractivity contribution is 7.91.